The molecule has 1 aliphatic rings. The lowest BCUT2D eigenvalue weighted by atomic mass is 10.3. The van der Waals surface area contributed by atoms with Gasteiger partial charge in [0.1, 0.15) is 0 Å². The Labute approximate surface area is 120 Å². The topological polar surface area (TPSA) is 63.4 Å². The summed E-state index contributed by atoms with van der Waals surface area (Å²) in [6.45, 7) is 1.17. The van der Waals surface area contributed by atoms with Crippen LogP contribution in [0.5, 0.6) is 0 Å². The van der Waals surface area contributed by atoms with Gasteiger partial charge >= 0.3 is 0 Å². The number of anilines is 1. The van der Waals surface area contributed by atoms with E-state index < -0.39 is 10.0 Å². The molecule has 0 unspecified atom stereocenters. The Morgan fingerprint density at radius 1 is 1.28 bits per heavy atom. The zero-order valence-corrected chi connectivity index (χ0v) is 13.0. The molecule has 100 valence electrons. The van der Waals surface area contributed by atoms with E-state index >= 15 is 0 Å². The van der Waals surface area contributed by atoms with Gasteiger partial charge in [-0.1, -0.05) is 0 Å². The SMILES string of the molecule is Nc1ccc(S(=O)(=O)N2CCCSCC2)cc1Br. The lowest BCUT2D eigenvalue weighted by molar-refractivity contribution is 0.435. The van der Waals surface area contributed by atoms with Gasteiger partial charge in [0, 0.05) is 29.0 Å². The first-order chi connectivity index (χ1) is 8.51. The van der Waals surface area contributed by atoms with Crippen molar-refractivity contribution in [2.45, 2.75) is 11.3 Å². The summed E-state index contributed by atoms with van der Waals surface area (Å²) >= 11 is 5.07. The first-order valence-electron chi connectivity index (χ1n) is 5.65. The Balaban J connectivity index is 2.31. The number of hydrogen-bond donors (Lipinski definition) is 1. The minimum atomic E-state index is -3.39. The molecule has 1 fully saturated rings. The second-order valence-electron chi connectivity index (χ2n) is 4.05. The number of nitrogens with zero attached hydrogens (tertiary/aromatic N) is 1. The van der Waals surface area contributed by atoms with Crippen LogP contribution in [-0.2, 0) is 10.0 Å². The smallest absolute Gasteiger partial charge is 0.243 e. The number of nitrogens with two attached hydrogens (primary N) is 1. The van der Waals surface area contributed by atoms with Crippen molar-refractivity contribution in [2.75, 3.05) is 30.3 Å². The van der Waals surface area contributed by atoms with Crippen LogP contribution in [0.25, 0.3) is 0 Å². The van der Waals surface area contributed by atoms with Crippen molar-refractivity contribution < 1.29 is 8.42 Å². The van der Waals surface area contributed by atoms with E-state index in [2.05, 4.69) is 15.9 Å². The third-order valence-electron chi connectivity index (χ3n) is 2.79. The molecule has 0 aliphatic carbocycles. The molecule has 2 N–H and O–H groups in total. The highest BCUT2D eigenvalue weighted by molar-refractivity contribution is 9.10. The van der Waals surface area contributed by atoms with Crippen LogP contribution in [0.4, 0.5) is 5.69 Å². The van der Waals surface area contributed by atoms with E-state index in [-0.39, 0.29) is 0 Å². The molecular formula is C11H15BrN2O2S2. The van der Waals surface area contributed by atoms with E-state index in [4.69, 9.17) is 5.73 Å². The standard InChI is InChI=1S/C11H15BrN2O2S2/c12-10-8-9(2-3-11(10)13)18(15,16)14-4-1-6-17-7-5-14/h2-3,8H,1,4-7,13H2. The van der Waals surface area contributed by atoms with E-state index in [0.717, 1.165) is 17.9 Å². The van der Waals surface area contributed by atoms with Crippen molar-refractivity contribution in [1.29, 1.82) is 0 Å². The molecule has 18 heavy (non-hydrogen) atoms. The lowest BCUT2D eigenvalue weighted by Crippen LogP contribution is -2.33. The second kappa shape index (κ2) is 5.81. The summed E-state index contributed by atoms with van der Waals surface area (Å²) < 4.78 is 27.1. The van der Waals surface area contributed by atoms with Gasteiger partial charge in [-0.05, 0) is 46.3 Å². The van der Waals surface area contributed by atoms with E-state index in [9.17, 15) is 8.42 Å². The van der Waals surface area contributed by atoms with Crippen molar-refractivity contribution in [1.82, 2.24) is 4.31 Å². The predicted molar refractivity (Wildman–Crippen MR) is 79.3 cm³/mol. The average Bonchev–Trinajstić information content (AvgIpc) is 2.61. The normalized spacial score (nSPS) is 18.5. The number of hydrogen-bond acceptors (Lipinski definition) is 4. The van der Waals surface area contributed by atoms with E-state index in [1.54, 1.807) is 34.3 Å². The summed E-state index contributed by atoms with van der Waals surface area (Å²) in [5, 5.41) is 0. The second-order valence-corrected chi connectivity index (χ2v) is 8.07. The quantitative estimate of drug-likeness (QED) is 0.830. The van der Waals surface area contributed by atoms with Crippen molar-refractivity contribution in [2.24, 2.45) is 0 Å². The van der Waals surface area contributed by atoms with Crippen molar-refractivity contribution in [3.05, 3.63) is 22.7 Å². The first kappa shape index (κ1) is 14.2. The van der Waals surface area contributed by atoms with Gasteiger partial charge < -0.3 is 5.73 Å². The Hall–Kier alpha value is -0.240. The Morgan fingerprint density at radius 2 is 2.06 bits per heavy atom. The van der Waals surface area contributed by atoms with Gasteiger partial charge in [-0.25, -0.2) is 8.42 Å². The molecular weight excluding hydrogens is 336 g/mol. The highest BCUT2D eigenvalue weighted by atomic mass is 79.9. The van der Waals surface area contributed by atoms with Crippen LogP contribution < -0.4 is 5.73 Å². The van der Waals surface area contributed by atoms with Gasteiger partial charge in [0.25, 0.3) is 0 Å². The number of sulfonamides is 1. The molecule has 1 aromatic carbocycles. The summed E-state index contributed by atoms with van der Waals surface area (Å²) in [5.41, 5.74) is 6.22. The van der Waals surface area contributed by atoms with E-state index in [1.165, 1.54) is 0 Å². The summed E-state index contributed by atoms with van der Waals surface area (Å²) in [6, 6.07) is 4.75. The van der Waals surface area contributed by atoms with Crippen molar-refractivity contribution in [3.8, 4) is 0 Å². The van der Waals surface area contributed by atoms with Crippen LogP contribution in [0.3, 0.4) is 0 Å². The molecule has 0 spiro atoms. The third-order valence-corrected chi connectivity index (χ3v) is 6.42. The molecule has 1 heterocycles. The summed E-state index contributed by atoms with van der Waals surface area (Å²) in [5.74, 6) is 1.88. The fourth-order valence-electron chi connectivity index (χ4n) is 1.78. The Kier molecular flexibility index (Phi) is 4.58. The molecule has 1 saturated heterocycles. The average molecular weight is 351 g/mol. The molecule has 0 amide bonds. The molecule has 1 aliphatic heterocycles. The number of halogens is 1. The van der Waals surface area contributed by atoms with Crippen molar-refractivity contribution in [3.63, 3.8) is 0 Å². The molecule has 7 heteroatoms. The van der Waals surface area contributed by atoms with Crippen molar-refractivity contribution >= 4 is 43.4 Å². The molecule has 0 saturated carbocycles. The van der Waals surface area contributed by atoms with Gasteiger partial charge in [0.2, 0.25) is 10.0 Å². The fraction of sp³-hybridized carbons (Fsp3) is 0.455. The number of benzene rings is 1. The van der Waals surface area contributed by atoms with Crippen LogP contribution in [0.2, 0.25) is 0 Å². The van der Waals surface area contributed by atoms with Crippen LogP contribution in [0, 0.1) is 0 Å². The van der Waals surface area contributed by atoms with Gasteiger partial charge in [0.05, 0.1) is 4.90 Å². The third kappa shape index (κ3) is 3.01. The van der Waals surface area contributed by atoms with Gasteiger partial charge in [-0.2, -0.15) is 16.1 Å². The highest BCUT2D eigenvalue weighted by Crippen LogP contribution is 2.26. The maximum absolute atomic E-state index is 12.5. The van der Waals surface area contributed by atoms with Crippen LogP contribution in [0.15, 0.2) is 27.6 Å². The maximum atomic E-state index is 12.5. The number of thioether (sulfide) groups is 1. The Bertz CT molecular complexity index is 526. The zero-order chi connectivity index (χ0) is 13.2. The molecule has 2 rings (SSSR count). The maximum Gasteiger partial charge on any atom is 0.243 e. The minimum Gasteiger partial charge on any atom is -0.398 e. The molecule has 1 aromatic rings. The van der Waals surface area contributed by atoms with Crippen LogP contribution in [-0.4, -0.2) is 37.3 Å². The van der Waals surface area contributed by atoms with Gasteiger partial charge in [-0.3, -0.25) is 0 Å². The largest absolute Gasteiger partial charge is 0.398 e. The minimum absolute atomic E-state index is 0.301. The highest BCUT2D eigenvalue weighted by Gasteiger charge is 2.25. The summed E-state index contributed by atoms with van der Waals surface area (Å²) in [7, 11) is -3.39. The predicted octanol–water partition coefficient (Wildman–Crippen LogP) is 2.16. The van der Waals surface area contributed by atoms with Crippen LogP contribution in [0.1, 0.15) is 6.42 Å². The Morgan fingerprint density at radius 3 is 2.78 bits per heavy atom. The first-order valence-corrected chi connectivity index (χ1v) is 9.03. The van der Waals surface area contributed by atoms with E-state index in [0.29, 0.717) is 28.1 Å². The number of rotatable bonds is 2. The van der Waals surface area contributed by atoms with E-state index in [1.807, 2.05) is 0 Å². The summed E-state index contributed by atoms with van der Waals surface area (Å²) in [6.07, 6.45) is 0.903. The molecule has 0 aromatic heterocycles. The number of nitrogen functional groups attached to an aromatic ring is 1. The molecule has 0 atom stereocenters. The monoisotopic (exact) mass is 350 g/mol. The summed E-state index contributed by atoms with van der Waals surface area (Å²) in [4.78, 5) is 0.301. The van der Waals surface area contributed by atoms with Crippen LogP contribution >= 0.6 is 27.7 Å². The van der Waals surface area contributed by atoms with Gasteiger partial charge in [-0.15, -0.1) is 0 Å². The zero-order valence-electron chi connectivity index (χ0n) is 9.80. The lowest BCUT2D eigenvalue weighted by Gasteiger charge is -2.19. The molecule has 4 nitrogen and oxygen atoms in total. The van der Waals surface area contributed by atoms with Gasteiger partial charge in [0.15, 0.2) is 0 Å². The molecule has 0 radical (unpaired) electrons. The fourth-order valence-corrected chi connectivity index (χ4v) is 4.82. The molecule has 0 bridgehead atoms.